The van der Waals surface area contributed by atoms with Crippen molar-refractivity contribution in [3.63, 3.8) is 0 Å². The third kappa shape index (κ3) is 23.1. The van der Waals surface area contributed by atoms with E-state index in [0.717, 1.165) is 14.2 Å². The van der Waals surface area contributed by atoms with Crippen molar-refractivity contribution in [2.24, 2.45) is 0 Å². The van der Waals surface area contributed by atoms with Crippen LogP contribution in [0.1, 0.15) is 57.8 Å². The largest absolute Gasteiger partial charge is 0.400 e. The Labute approximate surface area is 375 Å². The van der Waals surface area contributed by atoms with Crippen LogP contribution in [0.25, 0.3) is 0 Å². The number of amides is 4. The Balaban J connectivity index is 0.00000994. The number of aliphatic hydroxyl groups excluding tert-OH is 15. The van der Waals surface area contributed by atoms with Gasteiger partial charge in [-0.1, -0.05) is 12.8 Å². The molecule has 2 aliphatic rings. The van der Waals surface area contributed by atoms with Crippen LogP contribution < -0.4 is 21.3 Å². The second-order valence-electron chi connectivity index (χ2n) is 15.0. The highest BCUT2D eigenvalue weighted by molar-refractivity contribution is 5.89. The summed E-state index contributed by atoms with van der Waals surface area (Å²) < 4.78 is 21.1. The maximum Gasteiger partial charge on any atom is 0.252 e. The molecule has 11 unspecified atom stereocenters. The summed E-state index contributed by atoms with van der Waals surface area (Å²) in [5.74, 6) is -3.65. The van der Waals surface area contributed by atoms with Crippen molar-refractivity contribution in [3.8, 4) is 0 Å². The first-order valence-electron chi connectivity index (χ1n) is 21.1. The maximum absolute atomic E-state index is 13.3. The fourth-order valence-corrected chi connectivity index (χ4v) is 6.33. The van der Waals surface area contributed by atoms with Crippen LogP contribution in [0.4, 0.5) is 0 Å². The van der Waals surface area contributed by atoms with Gasteiger partial charge in [0.15, 0.2) is 24.8 Å². The number of hydrogen-bond acceptors (Lipinski definition) is 23. The van der Waals surface area contributed by atoms with E-state index in [0.29, 0.717) is 32.2 Å². The Morgan fingerprint density at radius 2 is 0.969 bits per heavy atom. The molecule has 2 rings (SSSR count). The van der Waals surface area contributed by atoms with Gasteiger partial charge in [-0.15, -0.1) is 0 Å². The average Bonchev–Trinajstić information content (AvgIpc) is 3.30. The molecule has 2 heterocycles. The average molecular weight is 955 g/mol. The van der Waals surface area contributed by atoms with Crippen LogP contribution in [0.3, 0.4) is 0 Å². The van der Waals surface area contributed by atoms with Crippen molar-refractivity contribution >= 4 is 23.6 Å². The van der Waals surface area contributed by atoms with Crippen LogP contribution in [0, 0.1) is 0 Å². The minimum absolute atomic E-state index is 0.102. The Hall–Kier alpha value is -2.88. The molecule has 2 aliphatic heterocycles. The van der Waals surface area contributed by atoms with E-state index >= 15 is 0 Å². The molecule has 0 radical (unpaired) electrons. The molecule has 0 aromatic heterocycles. The number of hydrogen-bond donors (Lipinski definition) is 19. The van der Waals surface area contributed by atoms with Gasteiger partial charge in [-0.3, -0.25) is 19.2 Å². The van der Waals surface area contributed by atoms with Crippen molar-refractivity contribution < 1.29 is 115 Å². The number of carbonyl (C=O) groups is 4. The van der Waals surface area contributed by atoms with Crippen molar-refractivity contribution in [1.29, 1.82) is 0 Å². The molecule has 2 fully saturated rings. The second-order valence-corrected chi connectivity index (χ2v) is 15.0. The van der Waals surface area contributed by atoms with Crippen LogP contribution in [0.15, 0.2) is 0 Å². The minimum atomic E-state index is -2.37. The number of unbranched alkanes of at least 4 members (excludes halogenated alkanes) is 4. The Bertz CT molecular complexity index is 1300. The lowest BCUT2D eigenvalue weighted by Gasteiger charge is -2.37. The lowest BCUT2D eigenvalue weighted by atomic mass is 10.0. The van der Waals surface area contributed by atoms with E-state index in [1.54, 1.807) is 0 Å². The van der Waals surface area contributed by atoms with Crippen molar-refractivity contribution in [1.82, 2.24) is 21.3 Å². The van der Waals surface area contributed by atoms with E-state index in [1.165, 1.54) is 0 Å². The summed E-state index contributed by atoms with van der Waals surface area (Å²) in [5.41, 5.74) is 0. The van der Waals surface area contributed by atoms with E-state index in [1.807, 2.05) is 0 Å². The van der Waals surface area contributed by atoms with Crippen LogP contribution in [-0.2, 0) is 38.1 Å². The van der Waals surface area contributed by atoms with Crippen molar-refractivity contribution in [2.45, 2.75) is 150 Å². The fraction of sp³-hybridized carbons (Fsp3) is 0.895. The topological polar surface area (TPSA) is 457 Å². The lowest BCUT2D eigenvalue weighted by Crippen LogP contribution is -2.58. The molecule has 19 N–H and O–H groups in total. The number of nitrogens with one attached hydrogen (secondary N) is 4. The molecule has 0 aromatic carbocycles. The zero-order valence-electron chi connectivity index (χ0n) is 36.7. The van der Waals surface area contributed by atoms with Crippen molar-refractivity contribution in [2.75, 3.05) is 66.9 Å². The fourth-order valence-electron chi connectivity index (χ4n) is 6.33. The normalized spacial score (nSPS) is 24.9. The quantitative estimate of drug-likeness (QED) is 0.0310. The van der Waals surface area contributed by atoms with Crippen molar-refractivity contribution in [3.05, 3.63) is 0 Å². The predicted octanol–water partition coefficient (Wildman–Crippen LogP) is -9.38. The third-order valence-corrected chi connectivity index (χ3v) is 9.85. The summed E-state index contributed by atoms with van der Waals surface area (Å²) in [6.45, 7) is -2.82. The summed E-state index contributed by atoms with van der Waals surface area (Å²) in [5, 5.41) is 155. The van der Waals surface area contributed by atoms with Crippen LogP contribution >= 0.6 is 0 Å². The standard InChI is InChI=1S/C36H66N4O21.2CH4O/c41-13-23(48)30(60-35-21(46)11-18(44)16-58-35)26(51)28(53)33(56)39-10-6-3-7-20(32(55)38-9-5-2-1-4-8-37-25(50)15-43)40-34(57)29(54)27(52)31(24(49)14-42)61-36-22(47)12-19(45)17-59-36;2*1-2/h18-24,26-31,35-36,41-49,51-54H,1-17H2,(H,37,50)(H,38,55)(H,39,56)(H,40,57);2*2H,1H3/t18-,19-,20?,21?,22?,23?,24?,26?,27?,28?,29?,30?,31?,35+,36+;;/m1../s1. The predicted molar refractivity (Wildman–Crippen MR) is 219 cm³/mol. The molecule has 384 valence electrons. The monoisotopic (exact) mass is 954 g/mol. The third-order valence-electron chi connectivity index (χ3n) is 9.85. The second kappa shape index (κ2) is 35.3. The highest BCUT2D eigenvalue weighted by Gasteiger charge is 2.43. The summed E-state index contributed by atoms with van der Waals surface area (Å²) in [6.07, 6.45) is -22.2. The summed E-state index contributed by atoms with van der Waals surface area (Å²) in [4.78, 5) is 50.4. The van der Waals surface area contributed by atoms with Gasteiger partial charge in [0, 0.05) is 46.7 Å². The van der Waals surface area contributed by atoms with Gasteiger partial charge in [0.2, 0.25) is 11.8 Å². The number of carbonyl (C=O) groups excluding carboxylic acids is 4. The highest BCUT2D eigenvalue weighted by atomic mass is 16.7. The lowest BCUT2D eigenvalue weighted by molar-refractivity contribution is -0.280. The molecule has 0 bridgehead atoms. The van der Waals surface area contributed by atoms with E-state index in [-0.39, 0.29) is 58.4 Å². The molecule has 15 atom stereocenters. The zero-order chi connectivity index (χ0) is 49.6. The minimum Gasteiger partial charge on any atom is -0.400 e. The summed E-state index contributed by atoms with van der Waals surface area (Å²) >= 11 is 0. The molecule has 0 aliphatic carbocycles. The van der Waals surface area contributed by atoms with Gasteiger partial charge in [0.1, 0.15) is 61.5 Å². The molecule has 0 saturated carbocycles. The Morgan fingerprint density at radius 3 is 1.38 bits per heavy atom. The zero-order valence-corrected chi connectivity index (χ0v) is 36.7. The molecule has 27 nitrogen and oxygen atoms in total. The summed E-state index contributed by atoms with van der Waals surface area (Å²) in [6, 6.07) is -1.35. The first-order chi connectivity index (χ1) is 30.9. The maximum atomic E-state index is 13.3. The number of aliphatic hydroxyl groups is 15. The van der Waals surface area contributed by atoms with E-state index < -0.39 is 135 Å². The highest BCUT2D eigenvalue weighted by Crippen LogP contribution is 2.23. The van der Waals surface area contributed by atoms with Gasteiger partial charge < -0.3 is 117 Å². The van der Waals surface area contributed by atoms with Gasteiger partial charge in [-0.05, 0) is 32.1 Å². The van der Waals surface area contributed by atoms with Crippen LogP contribution in [0.2, 0.25) is 0 Å². The Kier molecular flexibility index (Phi) is 33.7. The molecule has 0 spiro atoms. The molecule has 27 heteroatoms. The van der Waals surface area contributed by atoms with Gasteiger partial charge in [0.25, 0.3) is 11.8 Å². The first kappa shape index (κ1) is 62.1. The van der Waals surface area contributed by atoms with E-state index in [9.17, 15) is 80.5 Å². The van der Waals surface area contributed by atoms with E-state index in [2.05, 4.69) is 21.3 Å². The van der Waals surface area contributed by atoms with Gasteiger partial charge >= 0.3 is 0 Å². The van der Waals surface area contributed by atoms with Crippen LogP contribution in [-0.4, -0.2) is 259 Å². The van der Waals surface area contributed by atoms with Gasteiger partial charge in [-0.2, -0.15) is 0 Å². The molecule has 2 saturated heterocycles. The van der Waals surface area contributed by atoms with Gasteiger partial charge in [-0.25, -0.2) is 0 Å². The number of ether oxygens (including phenoxy) is 4. The first-order valence-corrected chi connectivity index (χ1v) is 21.1. The molecular weight excluding hydrogens is 880 g/mol. The smallest absolute Gasteiger partial charge is 0.252 e. The van der Waals surface area contributed by atoms with Gasteiger partial charge in [0.05, 0.1) is 38.6 Å². The molecular formula is C38H74N4O23. The SMILES string of the molecule is CO.CO.O=C(CO)NCCCCCCNC(=O)C(CCCCNC(=O)C(O)C(O)C(O[C@@H]1OC[C@H](O)CC1O)C(O)CO)NC(=O)C(O)C(O)C(O[C@@H]1OC[C@H](O)CC1O)C(O)CO. The molecule has 65 heavy (non-hydrogen) atoms. The molecule has 0 aromatic rings. The Morgan fingerprint density at radius 1 is 0.569 bits per heavy atom. The summed E-state index contributed by atoms with van der Waals surface area (Å²) in [7, 11) is 2.00. The number of rotatable bonds is 29. The van der Waals surface area contributed by atoms with Crippen LogP contribution in [0.5, 0.6) is 0 Å². The van der Waals surface area contributed by atoms with E-state index in [4.69, 9.17) is 34.3 Å². The molecule has 4 amide bonds.